The van der Waals surface area contributed by atoms with Crippen LogP contribution in [-0.2, 0) is 11.3 Å². The van der Waals surface area contributed by atoms with Crippen molar-refractivity contribution in [3.63, 3.8) is 0 Å². The second kappa shape index (κ2) is 11.8. The number of nitrogens with one attached hydrogen (secondary N) is 2. The van der Waals surface area contributed by atoms with Crippen molar-refractivity contribution in [3.05, 3.63) is 23.9 Å². The van der Waals surface area contributed by atoms with Gasteiger partial charge in [-0.15, -0.1) is 24.0 Å². The fourth-order valence-electron chi connectivity index (χ4n) is 3.07. The lowest BCUT2D eigenvalue weighted by atomic mass is 9.89. The van der Waals surface area contributed by atoms with Gasteiger partial charge >= 0.3 is 0 Å². The van der Waals surface area contributed by atoms with Crippen LogP contribution in [0.2, 0.25) is 0 Å². The molecule has 7 heteroatoms. The van der Waals surface area contributed by atoms with E-state index in [1.807, 2.05) is 13.2 Å². The predicted octanol–water partition coefficient (Wildman–Crippen LogP) is 3.80. The van der Waals surface area contributed by atoms with Crippen LogP contribution in [0.25, 0.3) is 0 Å². The van der Waals surface area contributed by atoms with E-state index >= 15 is 0 Å². The molecule has 2 heterocycles. The van der Waals surface area contributed by atoms with Crippen LogP contribution in [0.1, 0.15) is 53.0 Å². The Morgan fingerprint density at radius 3 is 2.71 bits per heavy atom. The Labute approximate surface area is 187 Å². The minimum atomic E-state index is 0. The lowest BCUT2D eigenvalue weighted by molar-refractivity contribution is 0.0529. The van der Waals surface area contributed by atoms with Gasteiger partial charge in [-0.05, 0) is 43.7 Å². The number of rotatable bonds is 6. The van der Waals surface area contributed by atoms with Gasteiger partial charge in [0.2, 0.25) is 0 Å². The summed E-state index contributed by atoms with van der Waals surface area (Å²) in [5, 5.41) is 6.86. The highest BCUT2D eigenvalue weighted by Crippen LogP contribution is 2.21. The summed E-state index contributed by atoms with van der Waals surface area (Å²) >= 11 is 0. The van der Waals surface area contributed by atoms with Crippen LogP contribution in [-0.4, -0.2) is 49.8 Å². The predicted molar refractivity (Wildman–Crippen MR) is 129 cm³/mol. The van der Waals surface area contributed by atoms with E-state index < -0.39 is 0 Å². The largest absolute Gasteiger partial charge is 0.375 e. The van der Waals surface area contributed by atoms with Gasteiger partial charge < -0.3 is 20.3 Å². The van der Waals surface area contributed by atoms with Gasteiger partial charge in [0.1, 0.15) is 5.82 Å². The molecular weight excluding hydrogens is 465 g/mol. The van der Waals surface area contributed by atoms with E-state index in [0.29, 0.717) is 18.0 Å². The van der Waals surface area contributed by atoms with Gasteiger partial charge in [-0.2, -0.15) is 0 Å². The number of halogens is 1. The molecule has 0 aromatic carbocycles. The van der Waals surface area contributed by atoms with E-state index in [-0.39, 0.29) is 30.1 Å². The van der Waals surface area contributed by atoms with Crippen molar-refractivity contribution in [2.75, 3.05) is 31.6 Å². The smallest absolute Gasteiger partial charge is 0.191 e. The fraction of sp³-hybridized carbons (Fsp3) is 0.714. The quantitative estimate of drug-likeness (QED) is 0.351. The van der Waals surface area contributed by atoms with Gasteiger partial charge in [0.25, 0.3) is 0 Å². The van der Waals surface area contributed by atoms with E-state index in [1.54, 1.807) is 0 Å². The van der Waals surface area contributed by atoms with Crippen molar-refractivity contribution < 1.29 is 4.74 Å². The number of hydrogen-bond donors (Lipinski definition) is 2. The Bertz CT molecular complexity index is 600. The summed E-state index contributed by atoms with van der Waals surface area (Å²) in [7, 11) is 1.81. The Hall–Kier alpha value is -1.09. The molecule has 2 unspecified atom stereocenters. The third kappa shape index (κ3) is 8.94. The molecule has 28 heavy (non-hydrogen) atoms. The number of aromatic nitrogens is 1. The van der Waals surface area contributed by atoms with Crippen molar-refractivity contribution in [2.45, 2.75) is 66.2 Å². The van der Waals surface area contributed by atoms with Gasteiger partial charge in [-0.3, -0.25) is 4.99 Å². The zero-order valence-corrected chi connectivity index (χ0v) is 20.6. The number of nitrogens with zero attached hydrogens (tertiary/aromatic N) is 3. The number of anilines is 1. The van der Waals surface area contributed by atoms with E-state index in [9.17, 15) is 0 Å². The zero-order valence-electron chi connectivity index (χ0n) is 18.3. The van der Waals surface area contributed by atoms with Gasteiger partial charge in [0, 0.05) is 38.9 Å². The minimum Gasteiger partial charge on any atom is -0.375 e. The number of hydrogen-bond acceptors (Lipinski definition) is 4. The van der Waals surface area contributed by atoms with Crippen molar-refractivity contribution in [1.29, 1.82) is 0 Å². The maximum Gasteiger partial charge on any atom is 0.191 e. The maximum absolute atomic E-state index is 5.60. The van der Waals surface area contributed by atoms with E-state index in [0.717, 1.165) is 43.5 Å². The van der Waals surface area contributed by atoms with E-state index in [4.69, 9.17) is 4.74 Å². The molecule has 2 atom stereocenters. The van der Waals surface area contributed by atoms with Gasteiger partial charge in [-0.25, -0.2) is 4.98 Å². The number of ether oxygens (including phenoxy) is 1. The SMILES string of the molecule is CN=C(NCc1ccc(N2CCOC(C)C2)nc1)NC(C)CCC(C)(C)C.I. The highest BCUT2D eigenvalue weighted by molar-refractivity contribution is 14.0. The first-order valence-electron chi connectivity index (χ1n) is 10.1. The van der Waals surface area contributed by atoms with E-state index in [1.165, 1.54) is 6.42 Å². The second-order valence-electron chi connectivity index (χ2n) is 8.72. The number of pyridine rings is 1. The standard InChI is InChI=1S/C21H37N5O.HI/c1-16(9-10-21(3,4)5)25-20(22-6)24-14-18-7-8-19(23-13-18)26-11-12-27-17(2)15-26;/h7-8,13,16-17H,9-12,14-15H2,1-6H3,(H2,22,24,25);1H. The lowest BCUT2D eigenvalue weighted by Crippen LogP contribution is -2.42. The molecule has 0 saturated carbocycles. The minimum absolute atomic E-state index is 0. The van der Waals surface area contributed by atoms with E-state index in [2.05, 4.69) is 72.3 Å². The molecule has 0 bridgehead atoms. The second-order valence-corrected chi connectivity index (χ2v) is 8.72. The highest BCUT2D eigenvalue weighted by atomic mass is 127. The Morgan fingerprint density at radius 1 is 1.39 bits per heavy atom. The van der Waals surface area contributed by atoms with Crippen molar-refractivity contribution in [2.24, 2.45) is 10.4 Å². The fourth-order valence-corrected chi connectivity index (χ4v) is 3.07. The molecule has 2 N–H and O–H groups in total. The summed E-state index contributed by atoms with van der Waals surface area (Å²) in [4.78, 5) is 11.2. The summed E-state index contributed by atoms with van der Waals surface area (Å²) in [6, 6.07) is 4.61. The van der Waals surface area contributed by atoms with Crippen LogP contribution in [0.5, 0.6) is 0 Å². The Kier molecular flexibility index (Phi) is 10.5. The monoisotopic (exact) mass is 503 g/mol. The summed E-state index contributed by atoms with van der Waals surface area (Å²) < 4.78 is 5.60. The van der Waals surface area contributed by atoms with Gasteiger partial charge in [0.15, 0.2) is 5.96 Å². The molecule has 1 fully saturated rings. The van der Waals surface area contributed by atoms with Crippen LogP contribution in [0.4, 0.5) is 5.82 Å². The summed E-state index contributed by atoms with van der Waals surface area (Å²) in [5.41, 5.74) is 1.50. The molecule has 1 aliphatic rings. The van der Waals surface area contributed by atoms with Gasteiger partial charge in [-0.1, -0.05) is 26.8 Å². The van der Waals surface area contributed by atoms with Crippen LogP contribution >= 0.6 is 24.0 Å². The topological polar surface area (TPSA) is 61.8 Å². The third-order valence-corrected chi connectivity index (χ3v) is 4.77. The number of aliphatic imine (C=N–C) groups is 1. The normalized spacial score (nSPS) is 19.0. The first kappa shape index (κ1) is 24.9. The van der Waals surface area contributed by atoms with Crippen LogP contribution in [0.15, 0.2) is 23.3 Å². The summed E-state index contributed by atoms with van der Waals surface area (Å²) in [5.74, 6) is 1.86. The molecule has 1 aromatic heterocycles. The average Bonchev–Trinajstić information content (AvgIpc) is 2.63. The molecule has 1 aliphatic heterocycles. The molecular formula is C21H38IN5O. The number of morpholine rings is 1. The lowest BCUT2D eigenvalue weighted by Gasteiger charge is -2.32. The first-order chi connectivity index (χ1) is 12.8. The van der Waals surface area contributed by atoms with Crippen LogP contribution in [0.3, 0.4) is 0 Å². The molecule has 0 spiro atoms. The molecule has 1 saturated heterocycles. The van der Waals surface area contributed by atoms with Crippen molar-refractivity contribution in [3.8, 4) is 0 Å². The molecule has 0 amide bonds. The molecule has 160 valence electrons. The van der Waals surface area contributed by atoms with Crippen molar-refractivity contribution in [1.82, 2.24) is 15.6 Å². The zero-order chi connectivity index (χ0) is 19.9. The Morgan fingerprint density at radius 2 is 2.14 bits per heavy atom. The molecule has 0 radical (unpaired) electrons. The molecule has 6 nitrogen and oxygen atoms in total. The van der Waals surface area contributed by atoms with Crippen LogP contribution < -0.4 is 15.5 Å². The highest BCUT2D eigenvalue weighted by Gasteiger charge is 2.17. The van der Waals surface area contributed by atoms with Crippen LogP contribution in [0, 0.1) is 5.41 Å². The van der Waals surface area contributed by atoms with Gasteiger partial charge in [0.05, 0.1) is 12.7 Å². The van der Waals surface area contributed by atoms with Crippen molar-refractivity contribution >= 4 is 35.8 Å². The molecule has 1 aromatic rings. The third-order valence-electron chi connectivity index (χ3n) is 4.77. The average molecular weight is 503 g/mol. The molecule has 0 aliphatic carbocycles. The molecule has 2 rings (SSSR count). The first-order valence-corrected chi connectivity index (χ1v) is 10.1. The maximum atomic E-state index is 5.60. The summed E-state index contributed by atoms with van der Waals surface area (Å²) in [6.07, 6.45) is 4.51. The number of guanidine groups is 1. The Balaban J connectivity index is 0.00000392. The summed E-state index contributed by atoms with van der Waals surface area (Å²) in [6.45, 7) is 14.4.